The molecule has 1 amide bonds. The summed E-state index contributed by atoms with van der Waals surface area (Å²) in [6.45, 7) is 6.31. The number of aromatic nitrogens is 1. The monoisotopic (exact) mass is 353 g/mol. The number of fused-ring (bicyclic) bond motifs is 1. The van der Waals surface area contributed by atoms with E-state index in [1.54, 1.807) is 19.1 Å². The minimum Gasteiger partial charge on any atom is -0.595 e. The molecule has 3 rings (SSSR count). The van der Waals surface area contributed by atoms with Crippen LogP contribution >= 0.6 is 0 Å². The molecule has 1 unspecified atom stereocenters. The van der Waals surface area contributed by atoms with Crippen LogP contribution in [0.15, 0.2) is 36.4 Å². The second kappa shape index (κ2) is 7.29. The Morgan fingerprint density at radius 2 is 1.96 bits per heavy atom. The molecule has 0 fully saturated rings. The highest BCUT2D eigenvalue weighted by Gasteiger charge is 2.13. The summed E-state index contributed by atoms with van der Waals surface area (Å²) in [5.74, 6) is -0.263. The molecule has 26 heavy (non-hydrogen) atoms. The number of carbonyl (C=O) groups excluding carboxylic acids is 1. The van der Waals surface area contributed by atoms with Gasteiger partial charge in [0.25, 0.3) is 5.91 Å². The van der Waals surface area contributed by atoms with Crippen LogP contribution in [0.25, 0.3) is 10.9 Å². The van der Waals surface area contributed by atoms with Crippen molar-refractivity contribution in [3.63, 3.8) is 0 Å². The fraction of sp³-hybridized carbons (Fsp3) is 0.250. The fourth-order valence-electron chi connectivity index (χ4n) is 3.27. The number of nitrogens with one attached hydrogen (secondary N) is 3. The van der Waals surface area contributed by atoms with Gasteiger partial charge < -0.3 is 15.5 Å². The fourth-order valence-corrected chi connectivity index (χ4v) is 3.27. The smallest absolute Gasteiger partial charge is 0.251 e. The van der Waals surface area contributed by atoms with Crippen LogP contribution in [0.5, 0.6) is 0 Å². The zero-order chi connectivity index (χ0) is 18.8. The van der Waals surface area contributed by atoms with Gasteiger partial charge in [-0.15, -0.1) is 0 Å². The summed E-state index contributed by atoms with van der Waals surface area (Å²) < 4.78 is 0. The molecule has 6 heteroatoms. The van der Waals surface area contributed by atoms with Crippen molar-refractivity contribution in [2.45, 2.75) is 27.2 Å². The first-order valence-corrected chi connectivity index (χ1v) is 8.57. The topological polar surface area (TPSA) is 92.6 Å². The van der Waals surface area contributed by atoms with Crippen LogP contribution in [0.2, 0.25) is 0 Å². The number of aryl methyl sites for hydroxylation is 3. The van der Waals surface area contributed by atoms with Crippen molar-refractivity contribution in [1.82, 2.24) is 10.3 Å². The molecule has 0 aliphatic rings. The summed E-state index contributed by atoms with van der Waals surface area (Å²) in [6, 6.07) is 10.9. The van der Waals surface area contributed by atoms with Gasteiger partial charge in [-0.05, 0) is 44.4 Å². The van der Waals surface area contributed by atoms with Crippen molar-refractivity contribution in [3.05, 3.63) is 69.6 Å². The van der Waals surface area contributed by atoms with Crippen LogP contribution in [0, 0.1) is 26.0 Å². The molecule has 0 aliphatic carbocycles. The molecule has 0 radical (unpaired) electrons. The number of H-pyrrole nitrogens is 1. The number of amides is 1. The Hall–Kier alpha value is -2.67. The van der Waals surface area contributed by atoms with E-state index in [0.717, 1.165) is 11.2 Å². The van der Waals surface area contributed by atoms with Gasteiger partial charge in [0.1, 0.15) is 0 Å². The lowest BCUT2D eigenvalue weighted by Gasteiger charge is -2.15. The summed E-state index contributed by atoms with van der Waals surface area (Å²) in [7, 11) is 0. The van der Waals surface area contributed by atoms with Crippen LogP contribution in [-0.2, 0) is 6.42 Å². The Morgan fingerprint density at radius 3 is 2.69 bits per heavy atom. The maximum Gasteiger partial charge on any atom is 0.251 e. The van der Waals surface area contributed by atoms with Crippen LogP contribution in [-0.4, -0.2) is 22.6 Å². The summed E-state index contributed by atoms with van der Waals surface area (Å²) >= 11 is 0. The van der Waals surface area contributed by atoms with Crippen LogP contribution < -0.4 is 10.5 Å². The number of aromatic amines is 1. The molecule has 6 nitrogen and oxygen atoms in total. The Bertz CT molecular complexity index is 960. The molecule has 136 valence electrons. The molecule has 1 atom stereocenters. The van der Waals surface area contributed by atoms with Crippen LogP contribution in [0.3, 0.4) is 0 Å². The third kappa shape index (κ3) is 3.48. The van der Waals surface area contributed by atoms with Crippen molar-refractivity contribution in [1.29, 1.82) is 0 Å². The molecule has 0 spiro atoms. The molecule has 0 saturated heterocycles. The van der Waals surface area contributed by atoms with Gasteiger partial charge in [-0.1, -0.05) is 24.3 Å². The maximum atomic E-state index is 12.4. The van der Waals surface area contributed by atoms with Crippen molar-refractivity contribution >= 4 is 22.5 Å². The van der Waals surface area contributed by atoms with Crippen LogP contribution in [0.4, 0.5) is 5.69 Å². The van der Waals surface area contributed by atoms with E-state index >= 15 is 0 Å². The van der Waals surface area contributed by atoms with Gasteiger partial charge in [-0.2, -0.15) is 5.23 Å². The SMILES string of the molecule is Cc1ccc(C(=O)NCCc2c(C)[nH]c3c(C)cccc23)cc1[NH+]([O-])O. The van der Waals surface area contributed by atoms with Gasteiger partial charge >= 0.3 is 0 Å². The molecular formula is C20H23N3O3. The minimum atomic E-state index is -1.03. The highest BCUT2D eigenvalue weighted by molar-refractivity contribution is 5.95. The molecule has 3 aromatic rings. The van der Waals surface area contributed by atoms with Gasteiger partial charge in [-0.3, -0.25) is 4.79 Å². The first-order valence-electron chi connectivity index (χ1n) is 8.57. The van der Waals surface area contributed by atoms with E-state index in [2.05, 4.69) is 29.4 Å². The zero-order valence-electron chi connectivity index (χ0n) is 15.1. The van der Waals surface area contributed by atoms with E-state index in [1.165, 1.54) is 22.6 Å². The molecule has 1 aromatic heterocycles. The summed E-state index contributed by atoms with van der Waals surface area (Å²) in [5.41, 5.74) is 5.78. The number of quaternary nitrogens is 1. The number of hydrogen-bond donors (Lipinski definition) is 4. The molecule has 0 aliphatic heterocycles. The first-order chi connectivity index (χ1) is 12.4. The molecule has 0 saturated carbocycles. The predicted octanol–water partition coefficient (Wildman–Crippen LogP) is 2.47. The van der Waals surface area contributed by atoms with Gasteiger partial charge in [-0.25, -0.2) is 5.21 Å². The average Bonchev–Trinajstić information content (AvgIpc) is 2.92. The second-order valence-corrected chi connectivity index (χ2v) is 6.57. The van der Waals surface area contributed by atoms with E-state index in [1.807, 2.05) is 13.0 Å². The largest absolute Gasteiger partial charge is 0.595 e. The van der Waals surface area contributed by atoms with E-state index in [-0.39, 0.29) is 11.6 Å². The summed E-state index contributed by atoms with van der Waals surface area (Å²) in [6.07, 6.45) is 0.707. The third-order valence-electron chi connectivity index (χ3n) is 4.75. The number of rotatable bonds is 5. The molecular weight excluding hydrogens is 330 g/mol. The van der Waals surface area contributed by atoms with E-state index < -0.39 is 5.23 Å². The Balaban J connectivity index is 1.71. The molecule has 2 aromatic carbocycles. The third-order valence-corrected chi connectivity index (χ3v) is 4.75. The molecule has 1 heterocycles. The lowest BCUT2D eigenvalue weighted by atomic mass is 10.1. The molecule has 4 N–H and O–H groups in total. The second-order valence-electron chi connectivity index (χ2n) is 6.57. The van der Waals surface area contributed by atoms with E-state index in [4.69, 9.17) is 0 Å². The highest BCUT2D eigenvalue weighted by atomic mass is 16.8. The van der Waals surface area contributed by atoms with Gasteiger partial charge in [0, 0.05) is 40.3 Å². The van der Waals surface area contributed by atoms with Crippen LogP contribution in [0.1, 0.15) is 32.7 Å². The van der Waals surface area contributed by atoms with E-state index in [0.29, 0.717) is 24.1 Å². The van der Waals surface area contributed by atoms with Crippen molar-refractivity contribution < 1.29 is 15.2 Å². The average molecular weight is 353 g/mol. The van der Waals surface area contributed by atoms with E-state index in [9.17, 15) is 15.2 Å². The Kier molecular flexibility index (Phi) is 5.08. The van der Waals surface area contributed by atoms with Crippen molar-refractivity contribution in [3.8, 4) is 0 Å². The predicted molar refractivity (Wildman–Crippen MR) is 101 cm³/mol. The van der Waals surface area contributed by atoms with Gasteiger partial charge in [0.05, 0.1) is 0 Å². The number of para-hydroxylation sites is 1. The maximum absolute atomic E-state index is 12.4. The number of hydrogen-bond acceptors (Lipinski definition) is 3. The van der Waals surface area contributed by atoms with Crippen molar-refractivity contribution in [2.24, 2.45) is 0 Å². The number of benzene rings is 2. The number of carbonyl (C=O) groups is 1. The lowest BCUT2D eigenvalue weighted by Crippen LogP contribution is -2.99. The standard InChI is InChI=1S/C20H23N3O3/c1-12-7-8-15(11-18(12)23(25)26)20(24)21-10-9-16-14(3)22-19-13(2)5-4-6-17(16)19/h4-8,11,22-23,25H,9-10H2,1-3H3,(H,21,24). The minimum absolute atomic E-state index is 0.153. The quantitative estimate of drug-likeness (QED) is 0.531. The van der Waals surface area contributed by atoms with Gasteiger partial charge in [0.15, 0.2) is 5.69 Å². The lowest BCUT2D eigenvalue weighted by molar-refractivity contribution is -0.991. The Labute approximate surface area is 152 Å². The zero-order valence-corrected chi connectivity index (χ0v) is 15.1. The first kappa shape index (κ1) is 18.1. The Morgan fingerprint density at radius 1 is 1.19 bits per heavy atom. The van der Waals surface area contributed by atoms with Gasteiger partial charge in [0.2, 0.25) is 0 Å². The van der Waals surface area contributed by atoms with Crippen molar-refractivity contribution in [2.75, 3.05) is 6.54 Å². The summed E-state index contributed by atoms with van der Waals surface area (Å²) in [4.78, 5) is 15.8. The normalized spacial score (nSPS) is 12.3. The molecule has 0 bridgehead atoms. The highest BCUT2D eigenvalue weighted by Crippen LogP contribution is 2.24. The summed E-state index contributed by atoms with van der Waals surface area (Å²) in [5, 5.41) is 23.4.